The highest BCUT2D eigenvalue weighted by molar-refractivity contribution is 6.33. The minimum absolute atomic E-state index is 0.156. The molecule has 5 heteroatoms. The van der Waals surface area contributed by atoms with Crippen LogP contribution in [0.1, 0.15) is 5.56 Å². The van der Waals surface area contributed by atoms with Crippen LogP contribution in [0.3, 0.4) is 0 Å². The van der Waals surface area contributed by atoms with Gasteiger partial charge in [0.25, 0.3) is 11.8 Å². The lowest BCUT2D eigenvalue weighted by molar-refractivity contribution is -0.123. The van der Waals surface area contributed by atoms with Gasteiger partial charge in [0.15, 0.2) is 0 Å². The minimum Gasteiger partial charge on any atom is -0.289 e. The number of carbonyl (C=O) groups is 2. The van der Waals surface area contributed by atoms with Gasteiger partial charge in [-0.05, 0) is 18.2 Å². The Morgan fingerprint density at radius 2 is 1.87 bits per heavy atom. The standard InChI is InChI=1S/C10H5F2NO2/c11-5-1-2-8(12)6(3-5)7-4-9(14)13-10(7)15/h1-4H,(H,13,14,15). The molecule has 0 bridgehead atoms. The molecular weight excluding hydrogens is 204 g/mol. The summed E-state index contributed by atoms with van der Waals surface area (Å²) in [5.41, 5.74) is -0.365. The van der Waals surface area contributed by atoms with Crippen molar-refractivity contribution in [1.29, 1.82) is 0 Å². The normalized spacial score (nSPS) is 15.2. The van der Waals surface area contributed by atoms with Gasteiger partial charge in [0.2, 0.25) is 0 Å². The molecule has 1 aliphatic rings. The molecule has 1 aromatic rings. The summed E-state index contributed by atoms with van der Waals surface area (Å²) in [5.74, 6) is -2.75. The molecule has 0 aromatic heterocycles. The summed E-state index contributed by atoms with van der Waals surface area (Å²) in [4.78, 5) is 22.0. The summed E-state index contributed by atoms with van der Waals surface area (Å²) in [6.07, 6.45) is 0.945. The molecule has 1 aromatic carbocycles. The maximum atomic E-state index is 13.2. The van der Waals surface area contributed by atoms with E-state index in [4.69, 9.17) is 0 Å². The van der Waals surface area contributed by atoms with Crippen molar-refractivity contribution in [3.8, 4) is 0 Å². The smallest absolute Gasteiger partial charge is 0.259 e. The first-order valence-corrected chi connectivity index (χ1v) is 4.10. The molecule has 15 heavy (non-hydrogen) atoms. The molecule has 0 spiro atoms. The molecule has 0 saturated carbocycles. The van der Waals surface area contributed by atoms with Crippen LogP contribution in [0.5, 0.6) is 0 Å². The van der Waals surface area contributed by atoms with E-state index in [1.807, 2.05) is 5.32 Å². The third-order valence-electron chi connectivity index (χ3n) is 1.98. The molecule has 0 unspecified atom stereocenters. The van der Waals surface area contributed by atoms with Gasteiger partial charge in [0.1, 0.15) is 11.6 Å². The summed E-state index contributed by atoms with van der Waals surface area (Å²) in [7, 11) is 0. The number of hydrogen-bond acceptors (Lipinski definition) is 2. The van der Waals surface area contributed by atoms with Gasteiger partial charge in [0.05, 0.1) is 5.57 Å². The SMILES string of the molecule is O=C1C=C(c2cc(F)ccc2F)C(=O)N1. The van der Waals surface area contributed by atoms with Gasteiger partial charge in [-0.1, -0.05) is 0 Å². The fraction of sp³-hybridized carbons (Fsp3) is 0. The van der Waals surface area contributed by atoms with E-state index in [0.717, 1.165) is 24.3 Å². The fourth-order valence-electron chi connectivity index (χ4n) is 1.32. The Bertz CT molecular complexity index is 494. The molecule has 0 atom stereocenters. The van der Waals surface area contributed by atoms with E-state index in [1.165, 1.54) is 0 Å². The first-order valence-electron chi connectivity index (χ1n) is 4.10. The van der Waals surface area contributed by atoms with Crippen LogP contribution < -0.4 is 5.32 Å². The second-order valence-electron chi connectivity index (χ2n) is 3.00. The van der Waals surface area contributed by atoms with Crippen LogP contribution >= 0.6 is 0 Å². The summed E-state index contributed by atoms with van der Waals surface area (Å²) in [6, 6.07) is 2.72. The number of amides is 2. The average molecular weight is 209 g/mol. The van der Waals surface area contributed by atoms with Gasteiger partial charge in [-0.25, -0.2) is 8.78 Å². The summed E-state index contributed by atoms with van der Waals surface area (Å²) < 4.78 is 26.0. The summed E-state index contributed by atoms with van der Waals surface area (Å²) >= 11 is 0. The Labute approximate surface area is 83.4 Å². The van der Waals surface area contributed by atoms with Gasteiger partial charge >= 0.3 is 0 Å². The predicted octanol–water partition coefficient (Wildman–Crippen LogP) is 1.00. The van der Waals surface area contributed by atoms with Crippen LogP contribution in [0.2, 0.25) is 0 Å². The lowest BCUT2D eigenvalue weighted by Gasteiger charge is -2.01. The zero-order valence-corrected chi connectivity index (χ0v) is 7.38. The zero-order valence-electron chi connectivity index (χ0n) is 7.38. The Balaban J connectivity index is 2.54. The number of carbonyl (C=O) groups excluding carboxylic acids is 2. The molecule has 1 N–H and O–H groups in total. The van der Waals surface area contributed by atoms with E-state index in [9.17, 15) is 18.4 Å². The van der Waals surface area contributed by atoms with Gasteiger partial charge in [-0.15, -0.1) is 0 Å². The maximum Gasteiger partial charge on any atom is 0.259 e. The van der Waals surface area contributed by atoms with Crippen molar-refractivity contribution in [2.24, 2.45) is 0 Å². The highest BCUT2D eigenvalue weighted by atomic mass is 19.1. The van der Waals surface area contributed by atoms with Gasteiger partial charge in [-0.3, -0.25) is 14.9 Å². The molecule has 3 nitrogen and oxygen atoms in total. The molecule has 76 valence electrons. The molecule has 2 amide bonds. The van der Waals surface area contributed by atoms with Crippen molar-refractivity contribution in [1.82, 2.24) is 5.32 Å². The zero-order chi connectivity index (χ0) is 11.0. The topological polar surface area (TPSA) is 46.2 Å². The Kier molecular flexibility index (Phi) is 2.07. The largest absolute Gasteiger partial charge is 0.289 e. The Hall–Kier alpha value is -2.04. The van der Waals surface area contributed by atoms with Crippen LogP contribution in [0, 0.1) is 11.6 Å². The third-order valence-corrected chi connectivity index (χ3v) is 1.98. The molecule has 0 fully saturated rings. The Morgan fingerprint density at radius 1 is 1.13 bits per heavy atom. The van der Waals surface area contributed by atoms with E-state index in [-0.39, 0.29) is 11.1 Å². The van der Waals surface area contributed by atoms with E-state index in [0.29, 0.717) is 0 Å². The van der Waals surface area contributed by atoms with Crippen LogP contribution in [-0.2, 0) is 9.59 Å². The average Bonchev–Trinajstić information content (AvgIpc) is 2.50. The van der Waals surface area contributed by atoms with Crippen molar-refractivity contribution in [2.75, 3.05) is 0 Å². The van der Waals surface area contributed by atoms with E-state index >= 15 is 0 Å². The molecular formula is C10H5F2NO2. The monoisotopic (exact) mass is 209 g/mol. The first-order chi connectivity index (χ1) is 7.08. The number of imide groups is 1. The van der Waals surface area contributed by atoms with Gasteiger partial charge < -0.3 is 0 Å². The van der Waals surface area contributed by atoms with E-state index in [2.05, 4.69) is 0 Å². The van der Waals surface area contributed by atoms with Crippen LogP contribution in [0.15, 0.2) is 24.3 Å². The van der Waals surface area contributed by atoms with Crippen molar-refractivity contribution in [2.45, 2.75) is 0 Å². The van der Waals surface area contributed by atoms with Crippen LogP contribution in [0.4, 0.5) is 8.78 Å². The molecule has 0 radical (unpaired) electrons. The highest BCUT2D eigenvalue weighted by Crippen LogP contribution is 2.21. The number of halogens is 2. The molecule has 1 aliphatic heterocycles. The molecule has 0 saturated heterocycles. The number of rotatable bonds is 1. The number of nitrogens with one attached hydrogen (secondary N) is 1. The number of hydrogen-bond donors (Lipinski definition) is 1. The summed E-state index contributed by atoms with van der Waals surface area (Å²) in [6.45, 7) is 0. The second kappa shape index (κ2) is 3.27. The minimum atomic E-state index is -0.743. The maximum absolute atomic E-state index is 13.2. The van der Waals surface area contributed by atoms with Crippen molar-refractivity contribution in [3.63, 3.8) is 0 Å². The van der Waals surface area contributed by atoms with Crippen LogP contribution in [-0.4, -0.2) is 11.8 Å². The second-order valence-corrected chi connectivity index (χ2v) is 3.00. The predicted molar refractivity (Wildman–Crippen MR) is 47.5 cm³/mol. The van der Waals surface area contributed by atoms with Crippen molar-refractivity contribution >= 4 is 17.4 Å². The van der Waals surface area contributed by atoms with Gasteiger partial charge in [-0.2, -0.15) is 0 Å². The number of benzene rings is 1. The van der Waals surface area contributed by atoms with Crippen LogP contribution in [0.25, 0.3) is 5.57 Å². The Morgan fingerprint density at radius 3 is 2.47 bits per heavy atom. The molecule has 0 aliphatic carbocycles. The highest BCUT2D eigenvalue weighted by Gasteiger charge is 2.24. The molecule has 2 rings (SSSR count). The van der Waals surface area contributed by atoms with Crippen molar-refractivity contribution in [3.05, 3.63) is 41.5 Å². The van der Waals surface area contributed by atoms with Crippen molar-refractivity contribution < 1.29 is 18.4 Å². The third kappa shape index (κ3) is 1.63. The lowest BCUT2D eigenvalue weighted by atomic mass is 10.1. The van der Waals surface area contributed by atoms with E-state index < -0.39 is 23.4 Å². The summed E-state index contributed by atoms with van der Waals surface area (Å²) in [5, 5.41) is 1.95. The molecule has 1 heterocycles. The van der Waals surface area contributed by atoms with Gasteiger partial charge in [0, 0.05) is 11.6 Å². The quantitative estimate of drug-likeness (QED) is 0.701. The van der Waals surface area contributed by atoms with E-state index in [1.54, 1.807) is 0 Å². The fourth-order valence-corrected chi connectivity index (χ4v) is 1.32. The first kappa shape index (κ1) is 9.51. The lowest BCUT2D eigenvalue weighted by Crippen LogP contribution is -2.22.